The molecule has 0 aromatic rings. The highest BCUT2D eigenvalue weighted by Crippen LogP contribution is 1.95. The highest BCUT2D eigenvalue weighted by molar-refractivity contribution is 5.66. The summed E-state index contributed by atoms with van der Waals surface area (Å²) in [5.74, 6) is -0.792. The van der Waals surface area contributed by atoms with E-state index in [0.717, 1.165) is 0 Å². The quantitative estimate of drug-likeness (QED) is 0.354. The average Bonchev–Trinajstić information content (AvgIpc) is 1.87. The van der Waals surface area contributed by atoms with E-state index in [9.17, 15) is 9.59 Å². The van der Waals surface area contributed by atoms with Gasteiger partial charge >= 0.3 is 5.97 Å². The maximum Gasteiger partial charge on any atom is 0.303 e. The molecule has 0 fully saturated rings. The van der Waals surface area contributed by atoms with Gasteiger partial charge in [0.1, 0.15) is 6.29 Å². The second kappa shape index (κ2) is 6.01. The molecule has 0 spiro atoms. The van der Waals surface area contributed by atoms with Crippen molar-refractivity contribution in [1.29, 1.82) is 0 Å². The molecule has 0 rings (SSSR count). The Morgan fingerprint density at radius 3 is 2.70 bits per heavy atom. The number of unbranched alkanes of at least 4 members (excludes halogenated alkanes) is 1. The van der Waals surface area contributed by atoms with Crippen LogP contribution in [0.4, 0.5) is 0 Å². The number of carboxylic acid groups (broad SMARTS) is 1. The number of aldehydes is 1. The van der Waals surface area contributed by atoms with E-state index in [1.807, 2.05) is 0 Å². The van der Waals surface area contributed by atoms with Crippen LogP contribution in [0.2, 0.25) is 0 Å². The molecule has 56 valence electrons. The number of aliphatic carboxylic acids is 1. The van der Waals surface area contributed by atoms with E-state index in [1.54, 1.807) is 6.08 Å². The van der Waals surface area contributed by atoms with Gasteiger partial charge in [0.15, 0.2) is 0 Å². The molecule has 0 aliphatic carbocycles. The number of rotatable bonds is 5. The lowest BCUT2D eigenvalue weighted by atomic mass is 10.2. The average molecular weight is 142 g/mol. The molecule has 3 heteroatoms. The summed E-state index contributed by atoms with van der Waals surface area (Å²) < 4.78 is 0. The minimum Gasteiger partial charge on any atom is -0.481 e. The number of hydrogen-bond acceptors (Lipinski definition) is 2. The van der Waals surface area contributed by atoms with Gasteiger partial charge in [-0.05, 0) is 18.9 Å². The van der Waals surface area contributed by atoms with Gasteiger partial charge in [-0.3, -0.25) is 9.59 Å². The first-order valence-electron chi connectivity index (χ1n) is 3.09. The first kappa shape index (κ1) is 8.88. The molecule has 3 nitrogen and oxygen atoms in total. The molecule has 0 aliphatic rings. The first-order chi connectivity index (χ1) is 4.77. The van der Waals surface area contributed by atoms with Crippen LogP contribution in [0.15, 0.2) is 12.2 Å². The second-order valence-corrected chi connectivity index (χ2v) is 1.85. The van der Waals surface area contributed by atoms with Gasteiger partial charge in [-0.2, -0.15) is 0 Å². The zero-order chi connectivity index (χ0) is 7.82. The van der Waals surface area contributed by atoms with Crippen molar-refractivity contribution >= 4 is 12.3 Å². The summed E-state index contributed by atoms with van der Waals surface area (Å²) in [5.41, 5.74) is 0. The number of carbonyl (C=O) groups is 2. The van der Waals surface area contributed by atoms with Gasteiger partial charge in [-0.1, -0.05) is 6.08 Å². The lowest BCUT2D eigenvalue weighted by Crippen LogP contribution is -1.92. The smallest absolute Gasteiger partial charge is 0.303 e. The largest absolute Gasteiger partial charge is 0.481 e. The highest BCUT2D eigenvalue weighted by Gasteiger charge is 1.92. The Hall–Kier alpha value is -1.12. The molecule has 0 heterocycles. The van der Waals surface area contributed by atoms with Crippen molar-refractivity contribution in [2.45, 2.75) is 19.3 Å². The topological polar surface area (TPSA) is 54.4 Å². The molecule has 0 saturated heterocycles. The predicted octanol–water partition coefficient (Wildman–Crippen LogP) is 0.996. The summed E-state index contributed by atoms with van der Waals surface area (Å²) in [7, 11) is 0. The van der Waals surface area contributed by atoms with Crippen molar-refractivity contribution in [3.8, 4) is 0 Å². The standard InChI is InChI=1S/C7H10O3/c8-6-4-2-1-3-5-7(9)10/h2,4,6H,1,3,5H2,(H,9,10). The molecule has 0 saturated carbocycles. The summed E-state index contributed by atoms with van der Waals surface area (Å²) in [6, 6.07) is 0. The van der Waals surface area contributed by atoms with Crippen molar-refractivity contribution < 1.29 is 14.7 Å². The Balaban J connectivity index is 3.12. The van der Waals surface area contributed by atoms with Gasteiger partial charge < -0.3 is 5.11 Å². The summed E-state index contributed by atoms with van der Waals surface area (Å²) in [6.07, 6.45) is 5.15. The molecule has 0 radical (unpaired) electrons. The monoisotopic (exact) mass is 142 g/mol. The van der Waals surface area contributed by atoms with E-state index in [-0.39, 0.29) is 6.42 Å². The van der Waals surface area contributed by atoms with Crippen molar-refractivity contribution in [3.63, 3.8) is 0 Å². The van der Waals surface area contributed by atoms with Crippen molar-refractivity contribution in [3.05, 3.63) is 12.2 Å². The Bertz CT molecular complexity index is 138. The molecule has 0 atom stereocenters. The summed E-state index contributed by atoms with van der Waals surface area (Å²) in [5, 5.41) is 8.18. The van der Waals surface area contributed by atoms with Crippen LogP contribution in [0.3, 0.4) is 0 Å². The number of allylic oxidation sites excluding steroid dienone is 2. The summed E-state index contributed by atoms with van der Waals surface area (Å²) >= 11 is 0. The molecule has 0 bridgehead atoms. The second-order valence-electron chi connectivity index (χ2n) is 1.85. The molecular weight excluding hydrogens is 132 g/mol. The van der Waals surface area contributed by atoms with E-state index < -0.39 is 5.97 Å². The SMILES string of the molecule is O=CC=CCCCC(=O)O. The zero-order valence-corrected chi connectivity index (χ0v) is 5.62. The summed E-state index contributed by atoms with van der Waals surface area (Å²) in [4.78, 5) is 19.6. The Labute approximate surface area is 59.4 Å². The van der Waals surface area contributed by atoms with E-state index in [4.69, 9.17) is 5.11 Å². The van der Waals surface area contributed by atoms with Gasteiger partial charge in [-0.15, -0.1) is 0 Å². The van der Waals surface area contributed by atoms with Crippen LogP contribution in [0.1, 0.15) is 19.3 Å². The van der Waals surface area contributed by atoms with Crippen LogP contribution in [0.25, 0.3) is 0 Å². The van der Waals surface area contributed by atoms with E-state index in [0.29, 0.717) is 19.1 Å². The van der Waals surface area contributed by atoms with Crippen molar-refractivity contribution in [1.82, 2.24) is 0 Å². The van der Waals surface area contributed by atoms with Gasteiger partial charge in [0, 0.05) is 6.42 Å². The van der Waals surface area contributed by atoms with Crippen molar-refractivity contribution in [2.75, 3.05) is 0 Å². The van der Waals surface area contributed by atoms with Crippen LogP contribution in [0, 0.1) is 0 Å². The third-order valence-electron chi connectivity index (χ3n) is 0.976. The number of carboxylic acids is 1. The molecule has 1 N–H and O–H groups in total. The van der Waals surface area contributed by atoms with Crippen LogP contribution in [0.5, 0.6) is 0 Å². The number of carbonyl (C=O) groups excluding carboxylic acids is 1. The Morgan fingerprint density at radius 2 is 2.20 bits per heavy atom. The summed E-state index contributed by atoms with van der Waals surface area (Å²) in [6.45, 7) is 0. The minimum atomic E-state index is -0.792. The fourth-order valence-corrected chi connectivity index (χ4v) is 0.523. The molecular formula is C7H10O3. The fraction of sp³-hybridized carbons (Fsp3) is 0.429. The molecule has 0 unspecified atom stereocenters. The normalized spacial score (nSPS) is 10.0. The lowest BCUT2D eigenvalue weighted by Gasteiger charge is -1.87. The molecule has 10 heavy (non-hydrogen) atoms. The predicted molar refractivity (Wildman–Crippen MR) is 36.7 cm³/mol. The van der Waals surface area contributed by atoms with Crippen LogP contribution in [-0.2, 0) is 9.59 Å². The third kappa shape index (κ3) is 6.88. The van der Waals surface area contributed by atoms with Gasteiger partial charge in [0.25, 0.3) is 0 Å². The van der Waals surface area contributed by atoms with Crippen molar-refractivity contribution in [2.24, 2.45) is 0 Å². The fourth-order valence-electron chi connectivity index (χ4n) is 0.523. The number of hydrogen-bond donors (Lipinski definition) is 1. The van der Waals surface area contributed by atoms with Crippen LogP contribution >= 0.6 is 0 Å². The maximum absolute atomic E-state index is 9.94. The van der Waals surface area contributed by atoms with Crippen LogP contribution < -0.4 is 0 Å². The van der Waals surface area contributed by atoms with Gasteiger partial charge in [0.2, 0.25) is 0 Å². The first-order valence-corrected chi connectivity index (χ1v) is 3.09. The molecule has 0 amide bonds. The van der Waals surface area contributed by atoms with E-state index in [2.05, 4.69) is 0 Å². The van der Waals surface area contributed by atoms with Crippen LogP contribution in [-0.4, -0.2) is 17.4 Å². The van der Waals surface area contributed by atoms with E-state index in [1.165, 1.54) is 6.08 Å². The maximum atomic E-state index is 9.94. The third-order valence-corrected chi connectivity index (χ3v) is 0.976. The molecule has 0 aliphatic heterocycles. The minimum absolute atomic E-state index is 0.170. The highest BCUT2D eigenvalue weighted by atomic mass is 16.4. The van der Waals surface area contributed by atoms with Gasteiger partial charge in [-0.25, -0.2) is 0 Å². The Morgan fingerprint density at radius 1 is 1.50 bits per heavy atom. The Kier molecular flexibility index (Phi) is 5.33. The lowest BCUT2D eigenvalue weighted by molar-refractivity contribution is -0.137. The molecule has 0 aromatic heterocycles. The van der Waals surface area contributed by atoms with E-state index >= 15 is 0 Å². The molecule has 0 aromatic carbocycles. The van der Waals surface area contributed by atoms with Gasteiger partial charge in [0.05, 0.1) is 0 Å². The zero-order valence-electron chi connectivity index (χ0n) is 5.62.